The molecular formula is C26H26Cl2N2O2S. The second-order valence-electron chi connectivity index (χ2n) is 8.82. The Morgan fingerprint density at radius 1 is 0.939 bits per heavy atom. The van der Waals surface area contributed by atoms with E-state index in [-0.39, 0.29) is 16.4 Å². The second kappa shape index (κ2) is 10.1. The van der Waals surface area contributed by atoms with Gasteiger partial charge in [0.25, 0.3) is 5.91 Å². The highest BCUT2D eigenvalue weighted by Gasteiger charge is 2.17. The van der Waals surface area contributed by atoms with Crippen LogP contribution in [0.2, 0.25) is 10.0 Å². The Morgan fingerprint density at radius 3 is 2.15 bits per heavy atom. The lowest BCUT2D eigenvalue weighted by Gasteiger charge is -2.21. The molecule has 0 fully saturated rings. The molecule has 0 atom stereocenters. The van der Waals surface area contributed by atoms with E-state index < -0.39 is 0 Å². The minimum Gasteiger partial charge on any atom is -0.454 e. The molecule has 0 saturated heterocycles. The van der Waals surface area contributed by atoms with Gasteiger partial charge in [0.05, 0.1) is 10.0 Å². The maximum Gasteiger partial charge on any atom is 0.257 e. The molecule has 172 valence electrons. The van der Waals surface area contributed by atoms with Gasteiger partial charge in [-0.3, -0.25) is 10.1 Å². The largest absolute Gasteiger partial charge is 0.454 e. The molecule has 0 aliphatic rings. The van der Waals surface area contributed by atoms with Crippen LogP contribution in [0.1, 0.15) is 47.8 Å². The van der Waals surface area contributed by atoms with Crippen molar-refractivity contribution >= 4 is 52.1 Å². The molecule has 3 rings (SSSR count). The number of benzene rings is 3. The Balaban J connectivity index is 1.73. The van der Waals surface area contributed by atoms with Gasteiger partial charge in [0.15, 0.2) is 10.9 Å². The monoisotopic (exact) mass is 500 g/mol. The van der Waals surface area contributed by atoms with Crippen molar-refractivity contribution in [3.05, 3.63) is 86.9 Å². The van der Waals surface area contributed by atoms with Gasteiger partial charge in [-0.1, -0.05) is 74.3 Å². The lowest BCUT2D eigenvalue weighted by Crippen LogP contribution is -2.34. The summed E-state index contributed by atoms with van der Waals surface area (Å²) < 4.78 is 6.04. The van der Waals surface area contributed by atoms with Gasteiger partial charge < -0.3 is 10.1 Å². The fourth-order valence-corrected chi connectivity index (χ4v) is 4.01. The van der Waals surface area contributed by atoms with Crippen LogP contribution in [0.5, 0.6) is 11.5 Å². The van der Waals surface area contributed by atoms with E-state index >= 15 is 0 Å². The van der Waals surface area contributed by atoms with Crippen molar-refractivity contribution in [3.8, 4) is 11.5 Å². The van der Waals surface area contributed by atoms with Crippen LogP contribution in [0, 0.1) is 13.8 Å². The zero-order valence-electron chi connectivity index (χ0n) is 19.2. The van der Waals surface area contributed by atoms with Gasteiger partial charge >= 0.3 is 0 Å². The van der Waals surface area contributed by atoms with Crippen molar-refractivity contribution in [3.63, 3.8) is 0 Å². The molecule has 0 aliphatic heterocycles. The SMILES string of the molecule is Cc1cc(C(C)(C)C)ccc1Oc1c(Cl)cc(NC(=S)NC(=O)c2ccccc2C)cc1Cl. The summed E-state index contributed by atoms with van der Waals surface area (Å²) in [5.74, 6) is 0.732. The summed E-state index contributed by atoms with van der Waals surface area (Å²) in [5.41, 5.74) is 4.18. The fourth-order valence-electron chi connectivity index (χ4n) is 3.23. The number of carbonyl (C=O) groups is 1. The smallest absolute Gasteiger partial charge is 0.257 e. The molecule has 7 heteroatoms. The Hall–Kier alpha value is -2.60. The number of aryl methyl sites for hydroxylation is 2. The van der Waals surface area contributed by atoms with Crippen LogP contribution >= 0.6 is 35.4 Å². The van der Waals surface area contributed by atoms with Gasteiger partial charge in [-0.05, 0) is 72.4 Å². The second-order valence-corrected chi connectivity index (χ2v) is 10.0. The minimum atomic E-state index is -0.295. The van der Waals surface area contributed by atoms with E-state index in [0.717, 1.165) is 11.1 Å². The molecular weight excluding hydrogens is 475 g/mol. The molecule has 2 N–H and O–H groups in total. The molecule has 1 amide bonds. The van der Waals surface area contributed by atoms with E-state index in [9.17, 15) is 4.79 Å². The normalized spacial score (nSPS) is 11.1. The molecule has 0 radical (unpaired) electrons. The molecule has 4 nitrogen and oxygen atoms in total. The molecule has 3 aromatic rings. The maximum absolute atomic E-state index is 12.5. The molecule has 0 bridgehead atoms. The standard InChI is InChI=1S/C26H26Cl2N2O2S/c1-15-8-6-7-9-19(15)24(31)30-25(33)29-18-13-20(27)23(21(28)14-18)32-22-11-10-17(12-16(22)2)26(3,4)5/h6-14H,1-5H3,(H2,29,30,31,33). The average molecular weight is 501 g/mol. The van der Waals surface area contributed by atoms with E-state index in [1.807, 2.05) is 38.1 Å². The van der Waals surface area contributed by atoms with Crippen LogP contribution in [0.4, 0.5) is 5.69 Å². The summed E-state index contributed by atoms with van der Waals surface area (Å²) in [7, 11) is 0. The van der Waals surface area contributed by atoms with E-state index in [4.69, 9.17) is 40.2 Å². The maximum atomic E-state index is 12.5. The highest BCUT2D eigenvalue weighted by atomic mass is 35.5. The molecule has 0 spiro atoms. The van der Waals surface area contributed by atoms with Crippen molar-refractivity contribution in [1.82, 2.24) is 5.32 Å². The summed E-state index contributed by atoms with van der Waals surface area (Å²) in [4.78, 5) is 12.5. The third kappa shape index (κ3) is 6.26. The van der Waals surface area contributed by atoms with Crippen LogP contribution in [-0.4, -0.2) is 11.0 Å². The number of amides is 1. The molecule has 0 aromatic heterocycles. The summed E-state index contributed by atoms with van der Waals surface area (Å²) in [6.07, 6.45) is 0. The predicted molar refractivity (Wildman–Crippen MR) is 141 cm³/mol. The number of anilines is 1. The van der Waals surface area contributed by atoms with Crippen molar-refractivity contribution in [2.24, 2.45) is 0 Å². The van der Waals surface area contributed by atoms with Crippen molar-refractivity contribution < 1.29 is 9.53 Å². The minimum absolute atomic E-state index is 0.0406. The highest BCUT2D eigenvalue weighted by molar-refractivity contribution is 7.80. The molecule has 0 unspecified atom stereocenters. The number of hydrogen-bond donors (Lipinski definition) is 2. The average Bonchev–Trinajstić information content (AvgIpc) is 2.71. The lowest BCUT2D eigenvalue weighted by atomic mass is 9.86. The fraction of sp³-hybridized carbons (Fsp3) is 0.231. The van der Waals surface area contributed by atoms with Gasteiger partial charge in [0.1, 0.15) is 5.75 Å². The van der Waals surface area contributed by atoms with Gasteiger partial charge in [-0.15, -0.1) is 0 Å². The lowest BCUT2D eigenvalue weighted by molar-refractivity contribution is 0.0977. The first-order chi connectivity index (χ1) is 15.5. The van der Waals surface area contributed by atoms with Gasteiger partial charge in [-0.25, -0.2) is 0 Å². The summed E-state index contributed by atoms with van der Waals surface area (Å²) in [6.45, 7) is 10.3. The number of halogens is 2. The van der Waals surface area contributed by atoms with E-state index in [1.165, 1.54) is 5.56 Å². The molecule has 33 heavy (non-hydrogen) atoms. The van der Waals surface area contributed by atoms with Crippen LogP contribution in [-0.2, 0) is 5.41 Å². The quantitative estimate of drug-likeness (QED) is 0.358. The molecule has 0 aliphatic carbocycles. The van der Waals surface area contributed by atoms with Gasteiger partial charge in [-0.2, -0.15) is 0 Å². The van der Waals surface area contributed by atoms with Crippen LogP contribution in [0.3, 0.4) is 0 Å². The van der Waals surface area contributed by atoms with Crippen molar-refractivity contribution in [2.45, 2.75) is 40.0 Å². The number of rotatable bonds is 4. The summed E-state index contributed by atoms with van der Waals surface area (Å²) in [5, 5.41) is 6.38. The predicted octanol–water partition coefficient (Wildman–Crippen LogP) is 7.83. The Labute approximate surface area is 210 Å². The van der Waals surface area contributed by atoms with Crippen LogP contribution < -0.4 is 15.4 Å². The topological polar surface area (TPSA) is 50.4 Å². The Kier molecular flexibility index (Phi) is 7.68. The third-order valence-corrected chi connectivity index (χ3v) is 5.89. The number of ether oxygens (including phenoxy) is 1. The Morgan fingerprint density at radius 2 is 1.58 bits per heavy atom. The zero-order valence-corrected chi connectivity index (χ0v) is 21.5. The molecule has 3 aromatic carbocycles. The van der Waals surface area contributed by atoms with Crippen molar-refractivity contribution in [1.29, 1.82) is 0 Å². The number of carbonyl (C=O) groups excluding carboxylic acids is 1. The first kappa shape index (κ1) is 25.0. The molecule has 0 heterocycles. The zero-order chi connectivity index (χ0) is 24.3. The summed E-state index contributed by atoms with van der Waals surface area (Å²) >= 11 is 18.2. The van der Waals surface area contributed by atoms with Crippen LogP contribution in [0.15, 0.2) is 54.6 Å². The third-order valence-electron chi connectivity index (χ3n) is 5.13. The Bertz CT molecular complexity index is 1200. The number of hydrogen-bond acceptors (Lipinski definition) is 3. The first-order valence-corrected chi connectivity index (χ1v) is 11.6. The number of thiocarbonyl (C=S) groups is 1. The van der Waals surface area contributed by atoms with Crippen LogP contribution in [0.25, 0.3) is 0 Å². The highest BCUT2D eigenvalue weighted by Crippen LogP contribution is 2.40. The van der Waals surface area contributed by atoms with Crippen molar-refractivity contribution in [2.75, 3.05) is 5.32 Å². The first-order valence-electron chi connectivity index (χ1n) is 10.4. The van der Waals surface area contributed by atoms with Gasteiger partial charge in [0.2, 0.25) is 0 Å². The summed E-state index contributed by atoms with van der Waals surface area (Å²) in [6, 6.07) is 16.6. The van der Waals surface area contributed by atoms with E-state index in [0.29, 0.717) is 32.8 Å². The van der Waals surface area contributed by atoms with E-state index in [2.05, 4.69) is 37.5 Å². The molecule has 0 saturated carbocycles. The van der Waals surface area contributed by atoms with E-state index in [1.54, 1.807) is 24.3 Å². The number of nitrogens with one attached hydrogen (secondary N) is 2. The van der Waals surface area contributed by atoms with Gasteiger partial charge in [0, 0.05) is 11.3 Å².